The molecule has 0 aliphatic heterocycles. The molecule has 0 saturated heterocycles. The van der Waals surface area contributed by atoms with Crippen molar-refractivity contribution in [1.29, 1.82) is 0 Å². The van der Waals surface area contributed by atoms with Gasteiger partial charge in [-0.2, -0.15) is 0 Å². The highest BCUT2D eigenvalue weighted by atomic mass is 127. The van der Waals surface area contributed by atoms with Gasteiger partial charge in [0.15, 0.2) is 0 Å². The van der Waals surface area contributed by atoms with Gasteiger partial charge in [0.05, 0.1) is 0 Å². The summed E-state index contributed by atoms with van der Waals surface area (Å²) in [5, 5.41) is 0.557. The van der Waals surface area contributed by atoms with E-state index in [1.165, 1.54) is 17.3 Å². The van der Waals surface area contributed by atoms with Gasteiger partial charge >= 0.3 is 0 Å². The maximum absolute atomic E-state index is 5.84. The summed E-state index contributed by atoms with van der Waals surface area (Å²) in [6, 6.07) is 1.79. The molecule has 1 heterocycles. The molecule has 4 heteroatoms. The van der Waals surface area contributed by atoms with E-state index in [1.807, 2.05) is 6.92 Å². The Kier molecular flexibility index (Phi) is 5.70. The van der Waals surface area contributed by atoms with Crippen LogP contribution in [0.4, 0.5) is 0 Å². The SMILES string of the molecule is Cc1cc(Cl)nc(CCCCCI)n1. The lowest BCUT2D eigenvalue weighted by atomic mass is 10.2. The van der Waals surface area contributed by atoms with Crippen molar-refractivity contribution >= 4 is 34.2 Å². The lowest BCUT2D eigenvalue weighted by Crippen LogP contribution is -1.97. The highest BCUT2D eigenvalue weighted by Gasteiger charge is 2.00. The van der Waals surface area contributed by atoms with E-state index < -0.39 is 0 Å². The molecule has 0 atom stereocenters. The Bertz CT molecular complexity index is 271. The van der Waals surface area contributed by atoms with Gasteiger partial charge in [-0.25, -0.2) is 9.97 Å². The van der Waals surface area contributed by atoms with Crippen LogP contribution in [0, 0.1) is 6.92 Å². The number of hydrogen-bond acceptors (Lipinski definition) is 2. The van der Waals surface area contributed by atoms with Gasteiger partial charge in [0, 0.05) is 12.1 Å². The fourth-order valence-electron chi connectivity index (χ4n) is 1.25. The van der Waals surface area contributed by atoms with Crippen LogP contribution >= 0.6 is 34.2 Å². The molecule has 0 aromatic carbocycles. The van der Waals surface area contributed by atoms with E-state index in [0.717, 1.165) is 24.4 Å². The molecular weight excluding hydrogens is 310 g/mol. The number of hydrogen-bond donors (Lipinski definition) is 0. The molecule has 0 fully saturated rings. The molecule has 2 nitrogen and oxygen atoms in total. The van der Waals surface area contributed by atoms with Crippen molar-refractivity contribution < 1.29 is 0 Å². The first kappa shape index (κ1) is 12.2. The zero-order valence-electron chi connectivity index (χ0n) is 8.26. The fourth-order valence-corrected chi connectivity index (χ4v) is 2.05. The quantitative estimate of drug-likeness (QED) is 0.358. The first-order valence-corrected chi connectivity index (χ1v) is 6.69. The third-order valence-corrected chi connectivity index (χ3v) is 2.86. The monoisotopic (exact) mass is 324 g/mol. The summed E-state index contributed by atoms with van der Waals surface area (Å²) in [6.07, 6.45) is 4.62. The molecule has 0 unspecified atom stereocenters. The van der Waals surface area contributed by atoms with Gasteiger partial charge in [0.1, 0.15) is 11.0 Å². The Labute approximate surface area is 104 Å². The van der Waals surface area contributed by atoms with Crippen molar-refractivity contribution in [2.45, 2.75) is 32.6 Å². The van der Waals surface area contributed by atoms with Crippen molar-refractivity contribution in [3.63, 3.8) is 0 Å². The second-order valence-corrected chi connectivity index (χ2v) is 4.71. The van der Waals surface area contributed by atoms with Gasteiger partial charge in [-0.05, 0) is 30.3 Å². The van der Waals surface area contributed by atoms with E-state index in [-0.39, 0.29) is 0 Å². The Morgan fingerprint density at radius 3 is 2.71 bits per heavy atom. The van der Waals surface area contributed by atoms with Crippen LogP contribution in [0.3, 0.4) is 0 Å². The summed E-state index contributed by atoms with van der Waals surface area (Å²) in [7, 11) is 0. The van der Waals surface area contributed by atoms with Crippen LogP contribution in [-0.2, 0) is 6.42 Å². The number of aromatic nitrogens is 2. The Balaban J connectivity index is 2.42. The van der Waals surface area contributed by atoms with Crippen LogP contribution in [0.1, 0.15) is 30.8 Å². The molecule has 0 amide bonds. The smallest absolute Gasteiger partial charge is 0.133 e. The lowest BCUT2D eigenvalue weighted by molar-refractivity contribution is 0.698. The molecule has 1 aromatic heterocycles. The second-order valence-electron chi connectivity index (χ2n) is 3.25. The average Bonchev–Trinajstić information content (AvgIpc) is 2.11. The van der Waals surface area contributed by atoms with Gasteiger partial charge in [-0.3, -0.25) is 0 Å². The molecule has 0 aliphatic carbocycles. The highest BCUT2D eigenvalue weighted by Crippen LogP contribution is 2.09. The zero-order chi connectivity index (χ0) is 10.4. The normalized spacial score (nSPS) is 10.5. The predicted octanol–water partition coefficient (Wildman–Crippen LogP) is 3.59. The molecule has 14 heavy (non-hydrogen) atoms. The van der Waals surface area contributed by atoms with Crippen LogP contribution < -0.4 is 0 Å². The van der Waals surface area contributed by atoms with Gasteiger partial charge in [-0.1, -0.05) is 40.6 Å². The van der Waals surface area contributed by atoms with E-state index in [9.17, 15) is 0 Å². The second kappa shape index (κ2) is 6.56. The molecule has 0 aliphatic rings. The minimum atomic E-state index is 0.557. The first-order valence-electron chi connectivity index (χ1n) is 4.78. The standard InChI is InChI=1S/C10H14ClIN2/c1-8-7-9(11)14-10(13-8)5-3-2-4-6-12/h7H,2-6H2,1H3. The summed E-state index contributed by atoms with van der Waals surface area (Å²) in [5.74, 6) is 0.878. The van der Waals surface area contributed by atoms with Gasteiger partial charge in [0.25, 0.3) is 0 Å². The molecule has 0 radical (unpaired) electrons. The van der Waals surface area contributed by atoms with Gasteiger partial charge in [-0.15, -0.1) is 0 Å². The number of nitrogens with zero attached hydrogens (tertiary/aromatic N) is 2. The fraction of sp³-hybridized carbons (Fsp3) is 0.600. The summed E-state index contributed by atoms with van der Waals surface area (Å²) < 4.78 is 1.23. The molecule has 0 bridgehead atoms. The lowest BCUT2D eigenvalue weighted by Gasteiger charge is -2.01. The largest absolute Gasteiger partial charge is 0.238 e. The van der Waals surface area contributed by atoms with Crippen molar-refractivity contribution in [3.05, 3.63) is 22.7 Å². The number of unbranched alkanes of at least 4 members (excludes halogenated alkanes) is 2. The summed E-state index contributed by atoms with van der Waals surface area (Å²) in [5.41, 5.74) is 0.953. The van der Waals surface area contributed by atoms with Gasteiger partial charge in [0.2, 0.25) is 0 Å². The first-order chi connectivity index (χ1) is 6.72. The number of alkyl halides is 1. The van der Waals surface area contributed by atoms with Crippen molar-refractivity contribution in [2.75, 3.05) is 4.43 Å². The number of rotatable bonds is 5. The third kappa shape index (κ3) is 4.55. The minimum Gasteiger partial charge on any atom is -0.238 e. The molecular formula is C10H14ClIN2. The summed E-state index contributed by atoms with van der Waals surface area (Å²) in [4.78, 5) is 8.52. The molecule has 0 saturated carbocycles. The molecule has 1 aromatic rings. The number of halogens is 2. The van der Waals surface area contributed by atoms with Crippen molar-refractivity contribution in [3.8, 4) is 0 Å². The average molecular weight is 325 g/mol. The molecule has 0 N–H and O–H groups in total. The van der Waals surface area contributed by atoms with E-state index in [0.29, 0.717) is 5.15 Å². The molecule has 0 spiro atoms. The van der Waals surface area contributed by atoms with Crippen LogP contribution in [0.5, 0.6) is 0 Å². The Hall–Kier alpha value is 0.1000. The summed E-state index contributed by atoms with van der Waals surface area (Å²) >= 11 is 8.24. The Morgan fingerprint density at radius 2 is 2.07 bits per heavy atom. The Morgan fingerprint density at radius 1 is 1.29 bits per heavy atom. The van der Waals surface area contributed by atoms with Crippen molar-refractivity contribution in [1.82, 2.24) is 9.97 Å². The van der Waals surface area contributed by atoms with E-state index in [1.54, 1.807) is 6.07 Å². The summed E-state index contributed by atoms with van der Waals surface area (Å²) in [6.45, 7) is 1.95. The topological polar surface area (TPSA) is 25.8 Å². The maximum Gasteiger partial charge on any atom is 0.133 e. The number of aryl methyl sites for hydroxylation is 2. The van der Waals surface area contributed by atoms with E-state index >= 15 is 0 Å². The van der Waals surface area contributed by atoms with Crippen LogP contribution in [0.15, 0.2) is 6.07 Å². The van der Waals surface area contributed by atoms with Crippen molar-refractivity contribution in [2.24, 2.45) is 0 Å². The van der Waals surface area contributed by atoms with E-state index in [2.05, 4.69) is 32.6 Å². The molecule has 1 rings (SSSR count). The zero-order valence-corrected chi connectivity index (χ0v) is 11.2. The third-order valence-electron chi connectivity index (χ3n) is 1.90. The predicted molar refractivity (Wildman–Crippen MR) is 68.2 cm³/mol. The van der Waals surface area contributed by atoms with Crippen LogP contribution in [0.25, 0.3) is 0 Å². The maximum atomic E-state index is 5.84. The molecule has 78 valence electrons. The minimum absolute atomic E-state index is 0.557. The van der Waals surface area contributed by atoms with E-state index in [4.69, 9.17) is 11.6 Å². The van der Waals surface area contributed by atoms with Gasteiger partial charge < -0.3 is 0 Å². The van der Waals surface area contributed by atoms with Crippen LogP contribution in [0.2, 0.25) is 5.15 Å². The highest BCUT2D eigenvalue weighted by molar-refractivity contribution is 14.1. The van der Waals surface area contributed by atoms with Crippen LogP contribution in [-0.4, -0.2) is 14.4 Å².